The number of hydrogen-bond acceptors (Lipinski definition) is 3. The Labute approximate surface area is 114 Å². The highest BCUT2D eigenvalue weighted by Crippen LogP contribution is 2.36. The first-order valence-corrected chi connectivity index (χ1v) is 6.56. The van der Waals surface area contributed by atoms with Crippen LogP contribution in [0, 0.1) is 0 Å². The molecule has 0 aliphatic carbocycles. The topological polar surface area (TPSA) is 44.5 Å². The summed E-state index contributed by atoms with van der Waals surface area (Å²) in [5, 5.41) is 0.587. The molecule has 0 radical (unpaired) electrons. The minimum absolute atomic E-state index is 0.205. The molecule has 0 spiro atoms. The van der Waals surface area contributed by atoms with Crippen LogP contribution >= 0.6 is 11.6 Å². The molecule has 18 heavy (non-hydrogen) atoms. The lowest BCUT2D eigenvalue weighted by Gasteiger charge is -2.36. The summed E-state index contributed by atoms with van der Waals surface area (Å²) in [4.78, 5) is 0. The van der Waals surface area contributed by atoms with E-state index in [9.17, 15) is 0 Å². The highest BCUT2D eigenvalue weighted by molar-refractivity contribution is 6.32. The third-order valence-corrected chi connectivity index (χ3v) is 4.02. The molecule has 0 amide bonds. The van der Waals surface area contributed by atoms with Crippen LogP contribution in [0.15, 0.2) is 18.2 Å². The molecular weight excluding hydrogens is 250 g/mol. The smallest absolute Gasteiger partial charge is 0.137 e. The minimum Gasteiger partial charge on any atom is -0.495 e. The van der Waals surface area contributed by atoms with Crippen LogP contribution in [0.5, 0.6) is 5.75 Å². The number of methoxy groups -OCH3 is 2. The first-order valence-electron chi connectivity index (χ1n) is 6.18. The van der Waals surface area contributed by atoms with Crippen molar-refractivity contribution in [1.29, 1.82) is 0 Å². The molecule has 2 N–H and O–H groups in total. The van der Waals surface area contributed by atoms with E-state index in [4.69, 9.17) is 26.8 Å². The average Bonchev–Trinajstić information content (AvgIpc) is 2.41. The second-order valence-electron chi connectivity index (χ2n) is 4.35. The normalized spacial score (nSPS) is 13.4. The van der Waals surface area contributed by atoms with Gasteiger partial charge in [0, 0.05) is 7.11 Å². The third kappa shape index (κ3) is 2.79. The van der Waals surface area contributed by atoms with Gasteiger partial charge in [-0.15, -0.1) is 0 Å². The van der Waals surface area contributed by atoms with Gasteiger partial charge >= 0.3 is 0 Å². The zero-order valence-corrected chi connectivity index (χ0v) is 12.3. The molecule has 1 atom stereocenters. The van der Waals surface area contributed by atoms with Crippen LogP contribution < -0.4 is 10.5 Å². The van der Waals surface area contributed by atoms with Gasteiger partial charge in [0.1, 0.15) is 5.75 Å². The van der Waals surface area contributed by atoms with Gasteiger partial charge in [-0.25, -0.2) is 0 Å². The third-order valence-electron chi connectivity index (χ3n) is 3.70. The minimum atomic E-state index is -0.348. The van der Waals surface area contributed by atoms with Gasteiger partial charge < -0.3 is 15.2 Å². The lowest BCUT2D eigenvalue weighted by Crippen LogP contribution is -2.42. The van der Waals surface area contributed by atoms with Gasteiger partial charge in [0.2, 0.25) is 0 Å². The van der Waals surface area contributed by atoms with Crippen molar-refractivity contribution in [3.8, 4) is 5.75 Å². The maximum absolute atomic E-state index is 6.36. The van der Waals surface area contributed by atoms with E-state index in [1.165, 1.54) is 0 Å². The van der Waals surface area contributed by atoms with Gasteiger partial charge in [-0.3, -0.25) is 0 Å². The maximum Gasteiger partial charge on any atom is 0.137 e. The SMILES string of the molecule is CCC(CC)(OC)C(N)c1ccc(Cl)c(OC)c1. The number of halogens is 1. The fourth-order valence-electron chi connectivity index (χ4n) is 2.28. The quantitative estimate of drug-likeness (QED) is 0.860. The fourth-order valence-corrected chi connectivity index (χ4v) is 2.47. The summed E-state index contributed by atoms with van der Waals surface area (Å²) in [6.07, 6.45) is 1.71. The Bertz CT molecular complexity index is 383. The Hall–Kier alpha value is -0.770. The molecule has 1 aromatic rings. The van der Waals surface area contributed by atoms with E-state index >= 15 is 0 Å². The predicted octanol–water partition coefficient (Wildman–Crippen LogP) is 3.55. The van der Waals surface area contributed by atoms with Gasteiger partial charge in [-0.05, 0) is 30.5 Å². The van der Waals surface area contributed by atoms with Crippen molar-refractivity contribution in [3.05, 3.63) is 28.8 Å². The van der Waals surface area contributed by atoms with Crippen molar-refractivity contribution in [3.63, 3.8) is 0 Å². The Balaban J connectivity index is 3.12. The molecule has 1 rings (SSSR count). The van der Waals surface area contributed by atoms with Gasteiger partial charge in [0.15, 0.2) is 0 Å². The van der Waals surface area contributed by atoms with Crippen molar-refractivity contribution in [1.82, 2.24) is 0 Å². The van der Waals surface area contributed by atoms with Crippen LogP contribution in [0.1, 0.15) is 38.3 Å². The highest BCUT2D eigenvalue weighted by atomic mass is 35.5. The molecule has 0 saturated carbocycles. The molecular formula is C14H22ClNO2. The Kier molecular flexibility index (Phi) is 5.45. The predicted molar refractivity (Wildman–Crippen MR) is 75.3 cm³/mol. The molecule has 0 saturated heterocycles. The lowest BCUT2D eigenvalue weighted by molar-refractivity contribution is -0.0386. The van der Waals surface area contributed by atoms with Gasteiger partial charge in [-0.2, -0.15) is 0 Å². The standard InChI is InChI=1S/C14H22ClNO2/c1-5-14(6-2,18-4)13(16)10-7-8-11(15)12(9-10)17-3/h7-9,13H,5-6,16H2,1-4H3. The number of nitrogens with two attached hydrogens (primary N) is 1. The van der Waals surface area contributed by atoms with Crippen LogP contribution in [0.4, 0.5) is 0 Å². The van der Waals surface area contributed by atoms with E-state index in [0.29, 0.717) is 10.8 Å². The molecule has 0 heterocycles. The van der Waals surface area contributed by atoms with Crippen molar-refractivity contribution in [2.45, 2.75) is 38.3 Å². The molecule has 0 aromatic heterocycles. The summed E-state index contributed by atoms with van der Waals surface area (Å²) in [6, 6.07) is 5.41. The maximum atomic E-state index is 6.36. The molecule has 1 unspecified atom stereocenters. The van der Waals surface area contributed by atoms with E-state index in [2.05, 4.69) is 13.8 Å². The van der Waals surface area contributed by atoms with Gasteiger partial charge in [0.05, 0.1) is 23.8 Å². The second kappa shape index (κ2) is 6.41. The first kappa shape index (κ1) is 15.3. The number of hydrogen-bond donors (Lipinski definition) is 1. The largest absolute Gasteiger partial charge is 0.495 e. The van der Waals surface area contributed by atoms with E-state index in [1.54, 1.807) is 20.3 Å². The number of ether oxygens (including phenoxy) is 2. The summed E-state index contributed by atoms with van der Waals surface area (Å²) in [5.74, 6) is 0.641. The average molecular weight is 272 g/mol. The molecule has 1 aromatic carbocycles. The molecule has 102 valence electrons. The van der Waals surface area contributed by atoms with E-state index < -0.39 is 0 Å². The van der Waals surface area contributed by atoms with Crippen molar-refractivity contribution in [2.75, 3.05) is 14.2 Å². The van der Waals surface area contributed by atoms with Crippen LogP contribution in [-0.2, 0) is 4.74 Å². The number of rotatable bonds is 6. The monoisotopic (exact) mass is 271 g/mol. The summed E-state index contributed by atoms with van der Waals surface area (Å²) in [5.41, 5.74) is 6.98. The molecule has 0 aliphatic heterocycles. The van der Waals surface area contributed by atoms with Crippen molar-refractivity contribution in [2.24, 2.45) is 5.73 Å². The summed E-state index contributed by atoms with van der Waals surface area (Å²) < 4.78 is 10.9. The lowest BCUT2D eigenvalue weighted by atomic mass is 9.84. The van der Waals surface area contributed by atoms with Crippen LogP contribution in [-0.4, -0.2) is 19.8 Å². The summed E-state index contributed by atoms with van der Waals surface area (Å²) in [6.45, 7) is 4.17. The zero-order valence-electron chi connectivity index (χ0n) is 11.5. The van der Waals surface area contributed by atoms with E-state index in [0.717, 1.165) is 18.4 Å². The molecule has 0 bridgehead atoms. The Morgan fingerprint density at radius 1 is 1.28 bits per heavy atom. The number of benzene rings is 1. The van der Waals surface area contributed by atoms with Gasteiger partial charge in [0.25, 0.3) is 0 Å². The molecule has 3 nitrogen and oxygen atoms in total. The fraction of sp³-hybridized carbons (Fsp3) is 0.571. The molecule has 0 fully saturated rings. The van der Waals surface area contributed by atoms with E-state index in [-0.39, 0.29) is 11.6 Å². The zero-order chi connectivity index (χ0) is 13.8. The molecule has 0 aliphatic rings. The van der Waals surface area contributed by atoms with Crippen LogP contribution in [0.2, 0.25) is 5.02 Å². The van der Waals surface area contributed by atoms with Crippen LogP contribution in [0.3, 0.4) is 0 Å². The molecule has 4 heteroatoms. The van der Waals surface area contributed by atoms with E-state index in [1.807, 2.05) is 12.1 Å². The van der Waals surface area contributed by atoms with Crippen LogP contribution in [0.25, 0.3) is 0 Å². The van der Waals surface area contributed by atoms with Crippen molar-refractivity contribution >= 4 is 11.6 Å². The van der Waals surface area contributed by atoms with Gasteiger partial charge in [-0.1, -0.05) is 31.5 Å². The Morgan fingerprint density at radius 3 is 2.33 bits per heavy atom. The van der Waals surface area contributed by atoms with Crippen molar-refractivity contribution < 1.29 is 9.47 Å². The Morgan fingerprint density at radius 2 is 1.89 bits per heavy atom. The highest BCUT2D eigenvalue weighted by Gasteiger charge is 2.34. The second-order valence-corrected chi connectivity index (χ2v) is 4.75. The summed E-state index contributed by atoms with van der Waals surface area (Å²) in [7, 11) is 3.31. The summed E-state index contributed by atoms with van der Waals surface area (Å²) >= 11 is 6.02. The first-order chi connectivity index (χ1) is 8.54.